The van der Waals surface area contributed by atoms with Gasteiger partial charge in [-0.3, -0.25) is 4.79 Å². The van der Waals surface area contributed by atoms with Gasteiger partial charge in [0, 0.05) is 23.9 Å². The fourth-order valence-electron chi connectivity index (χ4n) is 1.96. The molecule has 3 rings (SSSR count). The number of nitrogens with zero attached hydrogens (tertiary/aromatic N) is 2. The number of hydrogen-bond acceptors (Lipinski definition) is 5. The topological polar surface area (TPSA) is 68.0 Å². The summed E-state index contributed by atoms with van der Waals surface area (Å²) in [5.74, 6) is 1.14. The zero-order valence-corrected chi connectivity index (χ0v) is 13.3. The van der Waals surface area contributed by atoms with E-state index in [2.05, 4.69) is 15.5 Å². The first-order chi connectivity index (χ1) is 11.2. The minimum absolute atomic E-state index is 0.122. The van der Waals surface area contributed by atoms with Crippen LogP contribution in [0.3, 0.4) is 0 Å². The predicted octanol–water partition coefficient (Wildman–Crippen LogP) is 3.92. The number of benzene rings is 2. The highest BCUT2D eigenvalue weighted by molar-refractivity contribution is 7.98. The number of nitrogens with one attached hydrogen (secondary N) is 1. The Hall–Kier alpha value is -2.60. The first-order valence-electron chi connectivity index (χ1n) is 7.09. The maximum Gasteiger partial charge on any atom is 0.276 e. The Balaban J connectivity index is 1.59. The molecule has 1 N–H and O–H groups in total. The van der Waals surface area contributed by atoms with Gasteiger partial charge in [0.25, 0.3) is 11.1 Å². The van der Waals surface area contributed by atoms with Crippen LogP contribution in [-0.4, -0.2) is 16.1 Å². The maximum atomic E-state index is 12.2. The zero-order chi connectivity index (χ0) is 16.1. The van der Waals surface area contributed by atoms with Crippen molar-refractivity contribution in [2.45, 2.75) is 17.9 Å². The van der Waals surface area contributed by atoms with E-state index >= 15 is 0 Å². The van der Waals surface area contributed by atoms with E-state index in [0.29, 0.717) is 22.4 Å². The van der Waals surface area contributed by atoms with Crippen molar-refractivity contribution in [1.82, 2.24) is 10.2 Å². The molecule has 0 unspecified atom stereocenters. The van der Waals surface area contributed by atoms with Crippen LogP contribution in [0.5, 0.6) is 0 Å². The Morgan fingerprint density at radius 1 is 1.09 bits per heavy atom. The summed E-state index contributed by atoms with van der Waals surface area (Å²) in [6.45, 7) is 1.76. The molecule has 1 aromatic heterocycles. The molecule has 5 nitrogen and oxygen atoms in total. The van der Waals surface area contributed by atoms with Crippen molar-refractivity contribution < 1.29 is 9.21 Å². The number of carbonyl (C=O) groups excluding carboxylic acids is 1. The molecule has 1 amide bonds. The third-order valence-electron chi connectivity index (χ3n) is 3.12. The molecule has 0 saturated heterocycles. The molecule has 0 radical (unpaired) electrons. The van der Waals surface area contributed by atoms with Crippen molar-refractivity contribution in [2.75, 3.05) is 5.32 Å². The predicted molar refractivity (Wildman–Crippen MR) is 89.4 cm³/mol. The highest BCUT2D eigenvalue weighted by Crippen LogP contribution is 2.21. The SMILES string of the molecule is Cc1nnc(SCc2ccc(C(=O)Nc3ccccc3)cc2)o1. The third kappa shape index (κ3) is 4.20. The molecule has 0 aliphatic heterocycles. The average Bonchev–Trinajstić information content (AvgIpc) is 3.00. The van der Waals surface area contributed by atoms with Gasteiger partial charge in [0.15, 0.2) is 0 Å². The number of amides is 1. The normalized spacial score (nSPS) is 10.5. The van der Waals surface area contributed by atoms with Crippen LogP contribution in [0.25, 0.3) is 0 Å². The van der Waals surface area contributed by atoms with E-state index in [4.69, 9.17) is 4.42 Å². The van der Waals surface area contributed by atoms with Crippen molar-refractivity contribution in [3.05, 3.63) is 71.6 Å². The van der Waals surface area contributed by atoms with Gasteiger partial charge < -0.3 is 9.73 Å². The molecule has 0 bridgehead atoms. The molecular formula is C17H15N3O2S. The molecule has 0 aliphatic rings. The molecule has 0 saturated carbocycles. The van der Waals surface area contributed by atoms with E-state index in [-0.39, 0.29) is 5.91 Å². The first-order valence-corrected chi connectivity index (χ1v) is 8.07. The maximum absolute atomic E-state index is 12.2. The summed E-state index contributed by atoms with van der Waals surface area (Å²) in [5.41, 5.74) is 2.49. The number of anilines is 1. The molecule has 0 aliphatic carbocycles. The quantitative estimate of drug-likeness (QED) is 0.720. The van der Waals surface area contributed by atoms with Crippen LogP contribution in [0.2, 0.25) is 0 Å². The highest BCUT2D eigenvalue weighted by Gasteiger charge is 2.07. The largest absolute Gasteiger partial charge is 0.416 e. The Labute approximate surface area is 138 Å². The van der Waals surface area contributed by atoms with Crippen LogP contribution in [-0.2, 0) is 5.75 Å². The van der Waals surface area contributed by atoms with Gasteiger partial charge in [0.1, 0.15) is 0 Å². The van der Waals surface area contributed by atoms with Crippen LogP contribution in [0.15, 0.2) is 64.2 Å². The molecule has 116 valence electrons. The lowest BCUT2D eigenvalue weighted by Crippen LogP contribution is -2.11. The molecule has 3 aromatic rings. The number of para-hydroxylation sites is 1. The van der Waals surface area contributed by atoms with Crippen molar-refractivity contribution in [1.29, 1.82) is 0 Å². The number of carbonyl (C=O) groups is 1. The van der Waals surface area contributed by atoms with Crippen LogP contribution in [0, 0.1) is 6.92 Å². The summed E-state index contributed by atoms with van der Waals surface area (Å²) in [6, 6.07) is 16.9. The van der Waals surface area contributed by atoms with E-state index in [1.165, 1.54) is 11.8 Å². The number of aryl methyl sites for hydroxylation is 1. The minimum Gasteiger partial charge on any atom is -0.416 e. The van der Waals surface area contributed by atoms with Crippen molar-refractivity contribution in [3.8, 4) is 0 Å². The molecule has 0 fully saturated rings. The van der Waals surface area contributed by atoms with Gasteiger partial charge in [-0.2, -0.15) is 0 Å². The number of rotatable bonds is 5. The second-order valence-electron chi connectivity index (χ2n) is 4.89. The van der Waals surface area contributed by atoms with E-state index in [1.54, 1.807) is 6.92 Å². The molecule has 2 aromatic carbocycles. The summed E-state index contributed by atoms with van der Waals surface area (Å²) < 4.78 is 5.31. The van der Waals surface area contributed by atoms with Crippen molar-refractivity contribution in [3.63, 3.8) is 0 Å². The standard InChI is InChI=1S/C17H15N3O2S/c1-12-19-20-17(22-12)23-11-13-7-9-14(10-8-13)16(21)18-15-5-3-2-4-6-15/h2-10H,11H2,1H3,(H,18,21). The second-order valence-corrected chi connectivity index (χ2v) is 5.82. The Morgan fingerprint density at radius 3 is 2.48 bits per heavy atom. The fraction of sp³-hybridized carbons (Fsp3) is 0.118. The van der Waals surface area contributed by atoms with Gasteiger partial charge in [0.2, 0.25) is 5.89 Å². The van der Waals surface area contributed by atoms with Crippen LogP contribution in [0.4, 0.5) is 5.69 Å². The molecule has 1 heterocycles. The summed E-state index contributed by atoms with van der Waals surface area (Å²) in [7, 11) is 0. The van der Waals surface area contributed by atoms with Gasteiger partial charge in [-0.05, 0) is 29.8 Å². The molecule has 0 atom stereocenters. The molecule has 23 heavy (non-hydrogen) atoms. The van der Waals surface area contributed by atoms with Crippen LogP contribution < -0.4 is 5.32 Å². The number of hydrogen-bond donors (Lipinski definition) is 1. The second kappa shape index (κ2) is 7.11. The third-order valence-corrected chi connectivity index (χ3v) is 4.01. The summed E-state index contributed by atoms with van der Waals surface area (Å²) in [6.07, 6.45) is 0. The highest BCUT2D eigenvalue weighted by atomic mass is 32.2. The Kier molecular flexibility index (Phi) is 4.73. The molecule has 0 spiro atoms. The van der Waals surface area contributed by atoms with Gasteiger partial charge in [-0.15, -0.1) is 10.2 Å². The van der Waals surface area contributed by atoms with E-state index in [0.717, 1.165) is 11.3 Å². The van der Waals surface area contributed by atoms with Gasteiger partial charge in [0.05, 0.1) is 0 Å². The Bertz CT molecular complexity index is 785. The average molecular weight is 325 g/mol. The molecule has 6 heteroatoms. The zero-order valence-electron chi connectivity index (χ0n) is 12.5. The fourth-order valence-corrected chi connectivity index (χ4v) is 2.72. The summed E-state index contributed by atoms with van der Waals surface area (Å²) >= 11 is 1.47. The van der Waals surface area contributed by atoms with E-state index < -0.39 is 0 Å². The Morgan fingerprint density at radius 2 is 1.83 bits per heavy atom. The lowest BCUT2D eigenvalue weighted by atomic mass is 10.1. The minimum atomic E-state index is -0.122. The van der Waals surface area contributed by atoms with Crippen LogP contribution >= 0.6 is 11.8 Å². The molecular weight excluding hydrogens is 310 g/mol. The van der Waals surface area contributed by atoms with Gasteiger partial charge in [-0.25, -0.2) is 0 Å². The summed E-state index contributed by atoms with van der Waals surface area (Å²) in [5, 5.41) is 11.1. The van der Waals surface area contributed by atoms with Crippen LogP contribution in [0.1, 0.15) is 21.8 Å². The van der Waals surface area contributed by atoms with Gasteiger partial charge >= 0.3 is 0 Å². The van der Waals surface area contributed by atoms with E-state index in [9.17, 15) is 4.79 Å². The number of thioether (sulfide) groups is 1. The first kappa shape index (κ1) is 15.3. The number of aromatic nitrogens is 2. The van der Waals surface area contributed by atoms with Gasteiger partial charge in [-0.1, -0.05) is 42.1 Å². The van der Waals surface area contributed by atoms with Crippen molar-refractivity contribution in [2.24, 2.45) is 0 Å². The monoisotopic (exact) mass is 325 g/mol. The lowest BCUT2D eigenvalue weighted by Gasteiger charge is -2.05. The van der Waals surface area contributed by atoms with E-state index in [1.807, 2.05) is 54.6 Å². The summed E-state index contributed by atoms with van der Waals surface area (Å²) in [4.78, 5) is 12.2. The van der Waals surface area contributed by atoms with Crippen molar-refractivity contribution >= 4 is 23.4 Å². The lowest BCUT2D eigenvalue weighted by molar-refractivity contribution is 0.102. The smallest absolute Gasteiger partial charge is 0.276 e.